The fourth-order valence-electron chi connectivity index (χ4n) is 4.21. The molecule has 0 aliphatic carbocycles. The van der Waals surface area contributed by atoms with E-state index >= 15 is 0 Å². The van der Waals surface area contributed by atoms with E-state index < -0.39 is 0 Å². The summed E-state index contributed by atoms with van der Waals surface area (Å²) < 4.78 is 0. The van der Waals surface area contributed by atoms with Crippen molar-refractivity contribution in [3.8, 4) is 0 Å². The van der Waals surface area contributed by atoms with E-state index in [9.17, 15) is 0 Å². The molecule has 0 unspecified atom stereocenters. The van der Waals surface area contributed by atoms with E-state index in [4.69, 9.17) is 0 Å². The maximum Gasteiger partial charge on any atom is 0.0682 e. The molecular weight excluding hydrogens is 348 g/mol. The highest BCUT2D eigenvalue weighted by molar-refractivity contribution is 8.11. The van der Waals surface area contributed by atoms with E-state index in [2.05, 4.69) is 68.0 Å². The molecule has 0 radical (unpaired) electrons. The first kappa shape index (κ1) is 20.5. The van der Waals surface area contributed by atoms with E-state index in [1.165, 1.54) is 49.9 Å². The Labute approximate surface area is 170 Å². The Morgan fingerprint density at radius 2 is 1.78 bits per heavy atom. The van der Waals surface area contributed by atoms with E-state index in [1.54, 1.807) is 11.8 Å². The van der Waals surface area contributed by atoms with Crippen LogP contribution >= 0.6 is 11.8 Å². The topological polar surface area (TPSA) is 6.48 Å². The molecule has 0 N–H and O–H groups in total. The Hall–Kier alpha value is -1.19. The van der Waals surface area contributed by atoms with E-state index in [1.807, 2.05) is 0 Å². The lowest BCUT2D eigenvalue weighted by Crippen LogP contribution is -2.48. The van der Waals surface area contributed by atoms with Crippen LogP contribution in [0.1, 0.15) is 57.6 Å². The average Bonchev–Trinajstić information content (AvgIpc) is 2.68. The lowest BCUT2D eigenvalue weighted by molar-refractivity contribution is 0.0648. The molecule has 2 nitrogen and oxygen atoms in total. The van der Waals surface area contributed by atoms with Gasteiger partial charge in [-0.15, -0.1) is 0 Å². The van der Waals surface area contributed by atoms with Crippen LogP contribution in [0.5, 0.6) is 0 Å². The average molecular weight is 385 g/mol. The Balaban J connectivity index is 1.47. The zero-order valence-corrected chi connectivity index (χ0v) is 18.3. The van der Waals surface area contributed by atoms with E-state index in [-0.39, 0.29) is 0 Å². The van der Waals surface area contributed by atoms with Crippen LogP contribution in [0.4, 0.5) is 0 Å². The lowest BCUT2D eigenvalue weighted by Gasteiger charge is -2.44. The zero-order valence-electron chi connectivity index (χ0n) is 17.5. The minimum atomic E-state index is 0.539. The second kappa shape index (κ2) is 8.87. The summed E-state index contributed by atoms with van der Waals surface area (Å²) in [6.45, 7) is 20.5. The summed E-state index contributed by atoms with van der Waals surface area (Å²) in [6.07, 6.45) is 6.27. The van der Waals surface area contributed by atoms with Crippen molar-refractivity contribution >= 4 is 16.7 Å². The number of rotatable bonds is 6. The van der Waals surface area contributed by atoms with Crippen molar-refractivity contribution in [1.29, 1.82) is 0 Å². The largest absolute Gasteiger partial charge is 0.366 e. The highest BCUT2D eigenvalue weighted by atomic mass is 32.2. The van der Waals surface area contributed by atoms with Gasteiger partial charge in [0.2, 0.25) is 0 Å². The Morgan fingerprint density at radius 1 is 1.11 bits per heavy atom. The summed E-state index contributed by atoms with van der Waals surface area (Å²) in [5.41, 5.74) is 3.13. The predicted octanol–water partition coefficient (Wildman–Crippen LogP) is 6.01. The van der Waals surface area contributed by atoms with Crippen molar-refractivity contribution in [2.24, 2.45) is 5.41 Å². The fourth-order valence-corrected chi connectivity index (χ4v) is 5.05. The van der Waals surface area contributed by atoms with Gasteiger partial charge in [-0.05, 0) is 61.7 Å². The molecule has 0 amide bonds. The summed E-state index contributed by atoms with van der Waals surface area (Å²) in [6, 6.07) is 9.50. The standard InChI is InChI=1S/C24H36N2S/c1-6-21-8-7-9-22(18-21)19(2)27-20(3)25-14-10-23(11-15-25)26-16-12-24(4,5)13-17-26/h7-9,18,23H,2-3,6,10-17H2,1,4-5H3. The SMILES string of the molecule is C=C(SC(=C)N1CCC(N2CCC(C)(C)CC2)CC1)c1cccc(CC)c1. The van der Waals surface area contributed by atoms with Crippen molar-refractivity contribution < 1.29 is 0 Å². The molecule has 2 heterocycles. The number of benzene rings is 1. The minimum absolute atomic E-state index is 0.539. The molecule has 27 heavy (non-hydrogen) atoms. The predicted molar refractivity (Wildman–Crippen MR) is 121 cm³/mol. The van der Waals surface area contributed by atoms with Crippen molar-refractivity contribution in [2.75, 3.05) is 26.2 Å². The van der Waals surface area contributed by atoms with Crippen molar-refractivity contribution in [2.45, 2.75) is 58.9 Å². The number of nitrogens with zero attached hydrogens (tertiary/aromatic N) is 2. The maximum atomic E-state index is 4.36. The molecule has 2 saturated heterocycles. The molecule has 2 aliphatic rings. The molecule has 3 heteroatoms. The maximum absolute atomic E-state index is 4.36. The third-order valence-electron chi connectivity index (χ3n) is 6.38. The lowest BCUT2D eigenvalue weighted by atomic mass is 9.82. The Morgan fingerprint density at radius 3 is 2.41 bits per heavy atom. The van der Waals surface area contributed by atoms with Crippen LogP contribution in [0.2, 0.25) is 0 Å². The first-order valence-corrected chi connectivity index (χ1v) is 11.3. The smallest absolute Gasteiger partial charge is 0.0682 e. The number of hydrogen-bond donors (Lipinski definition) is 0. The number of likely N-dealkylation sites (tertiary alicyclic amines) is 2. The van der Waals surface area contributed by atoms with Gasteiger partial charge in [-0.3, -0.25) is 0 Å². The molecule has 0 aromatic heterocycles. The summed E-state index contributed by atoms with van der Waals surface area (Å²) in [5, 5.41) is 1.15. The summed E-state index contributed by atoms with van der Waals surface area (Å²) >= 11 is 1.74. The van der Waals surface area contributed by atoms with Gasteiger partial charge in [0.05, 0.1) is 5.03 Å². The van der Waals surface area contributed by atoms with Crippen molar-refractivity contribution in [3.05, 3.63) is 53.6 Å². The number of piperidine rings is 2. The highest BCUT2D eigenvalue weighted by Gasteiger charge is 2.31. The van der Waals surface area contributed by atoms with Gasteiger partial charge in [0.25, 0.3) is 0 Å². The Kier molecular flexibility index (Phi) is 6.75. The molecule has 3 rings (SSSR count). The van der Waals surface area contributed by atoms with Gasteiger partial charge in [-0.2, -0.15) is 0 Å². The first-order valence-electron chi connectivity index (χ1n) is 10.5. The van der Waals surface area contributed by atoms with Crippen LogP contribution in [-0.2, 0) is 6.42 Å². The molecule has 0 spiro atoms. The molecule has 0 bridgehead atoms. The minimum Gasteiger partial charge on any atom is -0.366 e. The van der Waals surface area contributed by atoms with Crippen LogP contribution in [0.25, 0.3) is 4.91 Å². The van der Waals surface area contributed by atoms with Gasteiger partial charge in [0.1, 0.15) is 0 Å². The second-order valence-electron chi connectivity index (χ2n) is 8.89. The van der Waals surface area contributed by atoms with Crippen LogP contribution in [0.15, 0.2) is 42.5 Å². The van der Waals surface area contributed by atoms with E-state index in [0.29, 0.717) is 5.41 Å². The molecule has 2 aliphatic heterocycles. The van der Waals surface area contributed by atoms with Crippen LogP contribution in [0.3, 0.4) is 0 Å². The van der Waals surface area contributed by atoms with Gasteiger partial charge in [0.15, 0.2) is 0 Å². The molecule has 1 aromatic rings. The molecule has 148 valence electrons. The van der Waals surface area contributed by atoms with E-state index in [0.717, 1.165) is 35.5 Å². The van der Waals surface area contributed by atoms with Gasteiger partial charge < -0.3 is 9.80 Å². The summed E-state index contributed by atoms with van der Waals surface area (Å²) in [5.74, 6) is 0. The molecular formula is C24H36N2S. The normalized spacial score (nSPS) is 21.2. The quantitative estimate of drug-likeness (QED) is 0.593. The molecule has 0 saturated carbocycles. The molecule has 1 aromatic carbocycles. The monoisotopic (exact) mass is 384 g/mol. The number of aryl methyl sites for hydroxylation is 1. The van der Waals surface area contributed by atoms with Gasteiger partial charge >= 0.3 is 0 Å². The van der Waals surface area contributed by atoms with Crippen LogP contribution < -0.4 is 0 Å². The van der Waals surface area contributed by atoms with Gasteiger partial charge in [-0.1, -0.05) is 70.0 Å². The number of hydrogen-bond acceptors (Lipinski definition) is 3. The number of thioether (sulfide) groups is 1. The summed E-state index contributed by atoms with van der Waals surface area (Å²) in [7, 11) is 0. The van der Waals surface area contributed by atoms with Crippen molar-refractivity contribution in [3.63, 3.8) is 0 Å². The summed E-state index contributed by atoms with van der Waals surface area (Å²) in [4.78, 5) is 6.31. The fraction of sp³-hybridized carbons (Fsp3) is 0.583. The molecule has 0 atom stereocenters. The van der Waals surface area contributed by atoms with Crippen LogP contribution in [0, 0.1) is 5.41 Å². The second-order valence-corrected chi connectivity index (χ2v) is 10.1. The molecule has 2 fully saturated rings. The third-order valence-corrected chi connectivity index (χ3v) is 7.36. The van der Waals surface area contributed by atoms with Gasteiger partial charge in [0, 0.05) is 24.0 Å². The highest BCUT2D eigenvalue weighted by Crippen LogP contribution is 2.36. The Bertz CT molecular complexity index is 661. The first-order chi connectivity index (χ1) is 12.9. The van der Waals surface area contributed by atoms with Crippen molar-refractivity contribution in [1.82, 2.24) is 9.80 Å². The zero-order chi connectivity index (χ0) is 19.4. The van der Waals surface area contributed by atoms with Gasteiger partial charge in [-0.25, -0.2) is 0 Å². The third kappa shape index (κ3) is 5.42. The van der Waals surface area contributed by atoms with Crippen LogP contribution in [-0.4, -0.2) is 42.0 Å².